The molecule has 0 aliphatic carbocycles. The van der Waals surface area contributed by atoms with Crippen LogP contribution < -0.4 is 10.6 Å². The van der Waals surface area contributed by atoms with Gasteiger partial charge in [0.15, 0.2) is 0 Å². The van der Waals surface area contributed by atoms with Gasteiger partial charge in [0.25, 0.3) is 0 Å². The van der Waals surface area contributed by atoms with E-state index in [-0.39, 0.29) is 30.6 Å². The highest BCUT2D eigenvalue weighted by Crippen LogP contribution is 2.15. The molecule has 0 radical (unpaired) electrons. The highest BCUT2D eigenvalue weighted by molar-refractivity contribution is 5.93. The highest BCUT2D eigenvalue weighted by Gasteiger charge is 2.12. The minimum absolute atomic E-state index is 0.0323. The molecule has 0 bridgehead atoms. The Balaban J connectivity index is 2.49. The molecule has 1 aromatic carbocycles. The second-order valence-corrected chi connectivity index (χ2v) is 4.93. The maximum atomic E-state index is 11.7. The number of aliphatic carboxylic acids is 1. The first-order valence-corrected chi connectivity index (χ1v) is 6.82. The Hall–Kier alpha value is -2.37. The quantitative estimate of drug-likeness (QED) is 0.719. The van der Waals surface area contributed by atoms with Crippen LogP contribution in [0.1, 0.15) is 33.1 Å². The Bertz CT molecular complexity index is 511. The maximum Gasteiger partial charge on any atom is 0.303 e. The van der Waals surface area contributed by atoms with Gasteiger partial charge in [0.1, 0.15) is 0 Å². The zero-order chi connectivity index (χ0) is 15.8. The highest BCUT2D eigenvalue weighted by atomic mass is 16.4. The minimum atomic E-state index is -0.911. The molecule has 0 aliphatic rings. The van der Waals surface area contributed by atoms with E-state index in [1.165, 1.54) is 0 Å². The summed E-state index contributed by atoms with van der Waals surface area (Å²) in [5.74, 6) is -1.43. The monoisotopic (exact) mass is 292 g/mol. The SMILES string of the molecule is CCC(=O)Nc1ccc(NC(=O)CC(C)CC(=O)O)cc1. The Morgan fingerprint density at radius 1 is 1.00 bits per heavy atom. The number of carbonyl (C=O) groups excluding carboxylic acids is 2. The van der Waals surface area contributed by atoms with Crippen LogP contribution in [0.25, 0.3) is 0 Å². The molecule has 0 aliphatic heterocycles. The minimum Gasteiger partial charge on any atom is -0.481 e. The van der Waals surface area contributed by atoms with Gasteiger partial charge in [-0.05, 0) is 30.2 Å². The lowest BCUT2D eigenvalue weighted by atomic mass is 10.0. The zero-order valence-corrected chi connectivity index (χ0v) is 12.2. The van der Waals surface area contributed by atoms with E-state index in [2.05, 4.69) is 10.6 Å². The fourth-order valence-corrected chi connectivity index (χ4v) is 1.79. The molecular weight excluding hydrogens is 272 g/mol. The van der Waals surface area contributed by atoms with Crippen molar-refractivity contribution in [3.8, 4) is 0 Å². The third-order valence-electron chi connectivity index (χ3n) is 2.83. The predicted molar refractivity (Wildman–Crippen MR) is 80.0 cm³/mol. The summed E-state index contributed by atoms with van der Waals surface area (Å²) in [4.78, 5) is 33.5. The molecule has 0 fully saturated rings. The van der Waals surface area contributed by atoms with Crippen molar-refractivity contribution in [1.29, 1.82) is 0 Å². The van der Waals surface area contributed by atoms with Gasteiger partial charge in [-0.1, -0.05) is 13.8 Å². The van der Waals surface area contributed by atoms with E-state index >= 15 is 0 Å². The van der Waals surface area contributed by atoms with E-state index in [0.29, 0.717) is 17.8 Å². The summed E-state index contributed by atoms with van der Waals surface area (Å²) in [6.45, 7) is 3.49. The van der Waals surface area contributed by atoms with Crippen LogP contribution >= 0.6 is 0 Å². The normalized spacial score (nSPS) is 11.5. The summed E-state index contributed by atoms with van der Waals surface area (Å²) in [6, 6.07) is 6.77. The Morgan fingerprint density at radius 2 is 1.48 bits per heavy atom. The van der Waals surface area contributed by atoms with Gasteiger partial charge in [-0.2, -0.15) is 0 Å². The van der Waals surface area contributed by atoms with Crippen molar-refractivity contribution >= 4 is 29.2 Å². The smallest absolute Gasteiger partial charge is 0.303 e. The Kier molecular flexibility index (Phi) is 6.39. The molecule has 3 N–H and O–H groups in total. The Labute approximate surface area is 123 Å². The van der Waals surface area contributed by atoms with E-state index in [9.17, 15) is 14.4 Å². The molecule has 0 saturated carbocycles. The molecule has 2 amide bonds. The number of carbonyl (C=O) groups is 3. The van der Waals surface area contributed by atoms with Crippen molar-refractivity contribution in [1.82, 2.24) is 0 Å². The van der Waals surface area contributed by atoms with Crippen LogP contribution in [-0.2, 0) is 14.4 Å². The number of amides is 2. The van der Waals surface area contributed by atoms with Crippen LogP contribution in [0.15, 0.2) is 24.3 Å². The molecule has 1 atom stereocenters. The average molecular weight is 292 g/mol. The first kappa shape index (κ1) is 16.7. The third kappa shape index (κ3) is 6.56. The van der Waals surface area contributed by atoms with E-state index in [1.807, 2.05) is 0 Å². The molecule has 6 heteroatoms. The molecule has 1 aromatic rings. The lowest BCUT2D eigenvalue weighted by Crippen LogP contribution is -2.17. The number of carboxylic acids is 1. The van der Waals surface area contributed by atoms with Gasteiger partial charge in [-0.15, -0.1) is 0 Å². The van der Waals surface area contributed by atoms with Crippen molar-refractivity contribution in [3.63, 3.8) is 0 Å². The molecular formula is C15H20N2O4. The second-order valence-electron chi connectivity index (χ2n) is 4.93. The lowest BCUT2D eigenvalue weighted by molar-refractivity contribution is -0.138. The first-order chi connectivity index (χ1) is 9.90. The van der Waals surface area contributed by atoms with Gasteiger partial charge in [0, 0.05) is 30.6 Å². The summed E-state index contributed by atoms with van der Waals surface area (Å²) in [7, 11) is 0. The summed E-state index contributed by atoms with van der Waals surface area (Å²) in [5.41, 5.74) is 1.27. The third-order valence-corrected chi connectivity index (χ3v) is 2.83. The van der Waals surface area contributed by atoms with Crippen LogP contribution in [0.4, 0.5) is 11.4 Å². The maximum absolute atomic E-state index is 11.7. The number of carboxylic acid groups (broad SMARTS) is 1. The van der Waals surface area contributed by atoms with Crippen molar-refractivity contribution in [2.24, 2.45) is 5.92 Å². The molecule has 21 heavy (non-hydrogen) atoms. The molecule has 1 rings (SSSR count). The molecule has 0 heterocycles. The van der Waals surface area contributed by atoms with Gasteiger partial charge in [0.05, 0.1) is 0 Å². The molecule has 114 valence electrons. The fourth-order valence-electron chi connectivity index (χ4n) is 1.79. The molecule has 1 unspecified atom stereocenters. The summed E-state index contributed by atoms with van der Waals surface area (Å²) in [5, 5.41) is 14.0. The van der Waals surface area contributed by atoms with Crippen molar-refractivity contribution < 1.29 is 19.5 Å². The number of anilines is 2. The van der Waals surface area contributed by atoms with Crippen molar-refractivity contribution in [2.45, 2.75) is 33.1 Å². The van der Waals surface area contributed by atoms with E-state index < -0.39 is 5.97 Å². The topological polar surface area (TPSA) is 95.5 Å². The van der Waals surface area contributed by atoms with Crippen LogP contribution in [0.5, 0.6) is 0 Å². The number of hydrogen-bond acceptors (Lipinski definition) is 3. The van der Waals surface area contributed by atoms with Crippen LogP contribution in [0.3, 0.4) is 0 Å². The number of nitrogens with one attached hydrogen (secondary N) is 2. The van der Waals surface area contributed by atoms with E-state index in [0.717, 1.165) is 0 Å². The summed E-state index contributed by atoms with van der Waals surface area (Å²) in [6.07, 6.45) is 0.524. The number of benzene rings is 1. The van der Waals surface area contributed by atoms with Crippen molar-refractivity contribution in [3.05, 3.63) is 24.3 Å². The molecule has 0 saturated heterocycles. The van der Waals surface area contributed by atoms with Crippen LogP contribution in [0.2, 0.25) is 0 Å². The fraction of sp³-hybridized carbons (Fsp3) is 0.400. The standard InChI is InChI=1S/C15H20N2O4/c1-3-13(18)16-11-4-6-12(7-5-11)17-14(19)8-10(2)9-15(20)21/h4-7,10H,3,8-9H2,1-2H3,(H,16,18)(H,17,19)(H,20,21). The van der Waals surface area contributed by atoms with Crippen LogP contribution in [-0.4, -0.2) is 22.9 Å². The van der Waals surface area contributed by atoms with Gasteiger partial charge in [-0.3, -0.25) is 14.4 Å². The molecule has 0 aromatic heterocycles. The Morgan fingerprint density at radius 3 is 1.90 bits per heavy atom. The van der Waals surface area contributed by atoms with Gasteiger partial charge >= 0.3 is 5.97 Å². The second kappa shape index (κ2) is 8.04. The average Bonchev–Trinajstić information content (AvgIpc) is 2.39. The predicted octanol–water partition coefficient (Wildman–Crippen LogP) is 2.47. The van der Waals surface area contributed by atoms with Crippen molar-refractivity contribution in [2.75, 3.05) is 10.6 Å². The van der Waals surface area contributed by atoms with Gasteiger partial charge in [-0.25, -0.2) is 0 Å². The van der Waals surface area contributed by atoms with E-state index in [1.54, 1.807) is 38.1 Å². The molecule has 0 spiro atoms. The number of rotatable bonds is 7. The largest absolute Gasteiger partial charge is 0.481 e. The molecule has 6 nitrogen and oxygen atoms in total. The van der Waals surface area contributed by atoms with Gasteiger partial charge < -0.3 is 15.7 Å². The summed E-state index contributed by atoms with van der Waals surface area (Å²) < 4.78 is 0. The summed E-state index contributed by atoms with van der Waals surface area (Å²) >= 11 is 0. The zero-order valence-electron chi connectivity index (χ0n) is 12.2. The van der Waals surface area contributed by atoms with Gasteiger partial charge in [0.2, 0.25) is 11.8 Å². The van der Waals surface area contributed by atoms with Crippen LogP contribution in [0, 0.1) is 5.92 Å². The number of hydrogen-bond donors (Lipinski definition) is 3. The van der Waals surface area contributed by atoms with E-state index in [4.69, 9.17) is 5.11 Å². The lowest BCUT2D eigenvalue weighted by Gasteiger charge is -2.10. The first-order valence-electron chi connectivity index (χ1n) is 6.82.